The molecule has 0 saturated heterocycles. The standard InChI is InChI=1S/C37H56N4O6/c1-7-13-15-26(9-3)24-46-32-19-17-28(21-30(32)36(44)38-11-5)40-34(42)23-35(43)41-29-18-20-33(31(22-29)37(45)39-12-6)47-25-27(10-4)16-14-8-2/h17-22,26-27H,7-16,23-25H2,1-6H3,(H,38,44)(H,39,45)(H,40,42)(H,41,43). The molecule has 260 valence electrons. The van der Waals surface area contributed by atoms with Crippen molar-refractivity contribution in [3.8, 4) is 11.5 Å². The van der Waals surface area contributed by atoms with E-state index in [1.807, 2.05) is 13.8 Å². The first kappa shape index (κ1) is 39.1. The molecule has 2 atom stereocenters. The van der Waals surface area contributed by atoms with Gasteiger partial charge in [0, 0.05) is 24.5 Å². The summed E-state index contributed by atoms with van der Waals surface area (Å²) >= 11 is 0. The zero-order chi connectivity index (χ0) is 34.6. The van der Waals surface area contributed by atoms with Gasteiger partial charge < -0.3 is 30.7 Å². The third kappa shape index (κ3) is 13.7. The van der Waals surface area contributed by atoms with Crippen molar-refractivity contribution in [2.24, 2.45) is 11.8 Å². The van der Waals surface area contributed by atoms with Crippen LogP contribution in [0.2, 0.25) is 0 Å². The maximum absolute atomic E-state index is 12.8. The second kappa shape index (κ2) is 21.7. The number of rotatable bonds is 22. The van der Waals surface area contributed by atoms with Gasteiger partial charge in [0.25, 0.3) is 11.8 Å². The average molecular weight is 653 g/mol. The summed E-state index contributed by atoms with van der Waals surface area (Å²) in [5.41, 5.74) is 1.38. The molecule has 0 radical (unpaired) electrons. The third-order valence-electron chi connectivity index (χ3n) is 8.05. The van der Waals surface area contributed by atoms with Crippen LogP contribution in [0.3, 0.4) is 0 Å². The van der Waals surface area contributed by atoms with Crippen molar-refractivity contribution in [3.63, 3.8) is 0 Å². The predicted octanol–water partition coefficient (Wildman–Crippen LogP) is 7.34. The number of hydrogen-bond donors (Lipinski definition) is 4. The first-order valence-corrected chi connectivity index (χ1v) is 17.4. The Hall–Kier alpha value is -4.08. The first-order valence-electron chi connectivity index (χ1n) is 17.4. The molecule has 0 aromatic heterocycles. The Labute approximate surface area is 281 Å². The fraction of sp³-hybridized carbons (Fsp3) is 0.568. The smallest absolute Gasteiger partial charge is 0.255 e. The molecule has 0 aliphatic carbocycles. The molecule has 4 N–H and O–H groups in total. The molecule has 0 spiro atoms. The van der Waals surface area contributed by atoms with Crippen molar-refractivity contribution >= 4 is 35.0 Å². The van der Waals surface area contributed by atoms with Crippen molar-refractivity contribution in [3.05, 3.63) is 47.5 Å². The second-order valence-corrected chi connectivity index (χ2v) is 11.9. The van der Waals surface area contributed by atoms with Gasteiger partial charge in [0.2, 0.25) is 11.8 Å². The van der Waals surface area contributed by atoms with E-state index in [1.165, 1.54) is 0 Å². The minimum atomic E-state index is -0.551. The van der Waals surface area contributed by atoms with Crippen LogP contribution in [0.15, 0.2) is 36.4 Å². The molecule has 0 saturated carbocycles. The summed E-state index contributed by atoms with van der Waals surface area (Å²) < 4.78 is 12.1. The van der Waals surface area contributed by atoms with Crippen molar-refractivity contribution < 1.29 is 28.7 Å². The number of anilines is 2. The van der Waals surface area contributed by atoms with Crippen LogP contribution < -0.4 is 30.7 Å². The SMILES string of the molecule is CCCCC(CC)COc1ccc(NC(=O)CC(=O)Nc2ccc(OCC(CC)CCCC)c(C(=O)NCC)c2)cc1C(=O)NCC. The van der Waals surface area contributed by atoms with Crippen LogP contribution in [0.4, 0.5) is 11.4 Å². The first-order chi connectivity index (χ1) is 22.7. The lowest BCUT2D eigenvalue weighted by Crippen LogP contribution is -2.25. The molecule has 10 heteroatoms. The number of unbranched alkanes of at least 4 members (excludes halogenated alkanes) is 2. The summed E-state index contributed by atoms with van der Waals surface area (Å²) in [4.78, 5) is 51.4. The Balaban J connectivity index is 2.10. The van der Waals surface area contributed by atoms with E-state index in [-0.39, 0.29) is 11.8 Å². The number of benzene rings is 2. The normalized spacial score (nSPS) is 12.0. The minimum absolute atomic E-state index is 0.306. The second-order valence-electron chi connectivity index (χ2n) is 11.9. The van der Waals surface area contributed by atoms with E-state index in [4.69, 9.17) is 9.47 Å². The van der Waals surface area contributed by atoms with Crippen molar-refractivity contribution in [1.29, 1.82) is 0 Å². The molecule has 0 bridgehead atoms. The van der Waals surface area contributed by atoms with Gasteiger partial charge in [-0.25, -0.2) is 0 Å². The molecule has 2 unspecified atom stereocenters. The summed E-state index contributed by atoms with van der Waals surface area (Å²) in [6.45, 7) is 14.1. The Morgan fingerprint density at radius 2 is 1.02 bits per heavy atom. The van der Waals surface area contributed by atoms with Crippen molar-refractivity contribution in [2.45, 2.75) is 99.3 Å². The highest BCUT2D eigenvalue weighted by Crippen LogP contribution is 2.27. The molecule has 2 aromatic carbocycles. The lowest BCUT2D eigenvalue weighted by molar-refractivity contribution is -0.123. The summed E-state index contributed by atoms with van der Waals surface area (Å²) in [7, 11) is 0. The van der Waals surface area contributed by atoms with Gasteiger partial charge in [0.1, 0.15) is 17.9 Å². The van der Waals surface area contributed by atoms with Gasteiger partial charge in [-0.1, -0.05) is 66.2 Å². The van der Waals surface area contributed by atoms with Gasteiger partial charge in [-0.15, -0.1) is 0 Å². The van der Waals surface area contributed by atoms with Gasteiger partial charge in [-0.3, -0.25) is 19.2 Å². The van der Waals surface area contributed by atoms with E-state index in [0.717, 1.165) is 51.4 Å². The highest BCUT2D eigenvalue weighted by molar-refractivity contribution is 6.09. The van der Waals surface area contributed by atoms with Crippen LogP contribution in [-0.4, -0.2) is 49.9 Å². The molecule has 0 aliphatic heterocycles. The Bertz CT molecular complexity index is 1200. The monoisotopic (exact) mass is 652 g/mol. The van der Waals surface area contributed by atoms with E-state index in [9.17, 15) is 19.2 Å². The van der Waals surface area contributed by atoms with E-state index in [1.54, 1.807) is 36.4 Å². The van der Waals surface area contributed by atoms with Crippen molar-refractivity contribution in [1.82, 2.24) is 10.6 Å². The average Bonchev–Trinajstić information content (AvgIpc) is 3.05. The molecule has 2 aromatic rings. The molecule has 4 amide bonds. The molecule has 47 heavy (non-hydrogen) atoms. The Morgan fingerprint density at radius 1 is 0.617 bits per heavy atom. The third-order valence-corrected chi connectivity index (χ3v) is 8.05. The van der Waals surface area contributed by atoms with Crippen LogP contribution in [0.5, 0.6) is 11.5 Å². The quantitative estimate of drug-likeness (QED) is 0.0983. The lowest BCUT2D eigenvalue weighted by Gasteiger charge is -2.18. The van der Waals surface area contributed by atoms with Crippen LogP contribution in [0.1, 0.15) is 120 Å². The molecule has 0 heterocycles. The van der Waals surface area contributed by atoms with Gasteiger partial charge in [0.15, 0.2) is 0 Å². The Morgan fingerprint density at radius 3 is 1.36 bits per heavy atom. The summed E-state index contributed by atoms with van der Waals surface area (Å²) in [6.07, 6.45) is 8.09. The molecule has 0 aliphatic rings. The lowest BCUT2D eigenvalue weighted by atomic mass is 10.0. The van der Waals surface area contributed by atoms with E-state index < -0.39 is 18.2 Å². The van der Waals surface area contributed by atoms with Gasteiger partial charge in [-0.05, 0) is 74.9 Å². The fourth-order valence-electron chi connectivity index (χ4n) is 5.10. The zero-order valence-corrected chi connectivity index (χ0v) is 29.3. The molecule has 2 rings (SSSR count). The van der Waals surface area contributed by atoms with E-state index in [0.29, 0.717) is 72.1 Å². The van der Waals surface area contributed by atoms with Crippen LogP contribution >= 0.6 is 0 Å². The Kier molecular flexibility index (Phi) is 18.0. The van der Waals surface area contributed by atoms with Crippen molar-refractivity contribution in [2.75, 3.05) is 36.9 Å². The number of carbonyl (C=O) groups is 4. The highest BCUT2D eigenvalue weighted by Gasteiger charge is 2.19. The molecular formula is C37H56N4O6. The summed E-state index contributed by atoms with van der Waals surface area (Å²) in [5.74, 6) is -0.0415. The van der Waals surface area contributed by atoms with Crippen LogP contribution in [0, 0.1) is 11.8 Å². The largest absolute Gasteiger partial charge is 0.492 e. The maximum Gasteiger partial charge on any atom is 0.255 e. The van der Waals surface area contributed by atoms with Gasteiger partial charge in [-0.2, -0.15) is 0 Å². The van der Waals surface area contributed by atoms with Crippen LogP contribution in [-0.2, 0) is 9.59 Å². The highest BCUT2D eigenvalue weighted by atomic mass is 16.5. The van der Waals surface area contributed by atoms with Gasteiger partial charge >= 0.3 is 0 Å². The van der Waals surface area contributed by atoms with Gasteiger partial charge in [0.05, 0.1) is 24.3 Å². The number of hydrogen-bond acceptors (Lipinski definition) is 6. The number of amides is 4. The zero-order valence-electron chi connectivity index (χ0n) is 29.3. The summed E-state index contributed by atoms with van der Waals surface area (Å²) in [5, 5.41) is 11.0. The number of carbonyl (C=O) groups excluding carboxylic acids is 4. The maximum atomic E-state index is 12.8. The van der Waals surface area contributed by atoms with E-state index >= 15 is 0 Å². The fourth-order valence-corrected chi connectivity index (χ4v) is 5.10. The number of nitrogens with one attached hydrogen (secondary N) is 4. The molecular weight excluding hydrogens is 596 g/mol. The topological polar surface area (TPSA) is 135 Å². The predicted molar refractivity (Wildman–Crippen MR) is 188 cm³/mol. The van der Waals surface area contributed by atoms with E-state index in [2.05, 4.69) is 49.0 Å². The minimum Gasteiger partial charge on any atom is -0.492 e. The number of ether oxygens (including phenoxy) is 2. The summed E-state index contributed by atoms with van der Waals surface area (Å²) in [6, 6.07) is 9.78. The molecule has 10 nitrogen and oxygen atoms in total. The molecule has 0 fully saturated rings. The van der Waals surface area contributed by atoms with Crippen LogP contribution in [0.25, 0.3) is 0 Å².